The van der Waals surface area contributed by atoms with Crippen LogP contribution >= 0.6 is 0 Å². The van der Waals surface area contributed by atoms with Gasteiger partial charge >= 0.3 is 0 Å². The molecular weight excluding hydrogens is 217 g/mol. The number of nitrogens with zero attached hydrogens (tertiary/aromatic N) is 1. The summed E-state index contributed by atoms with van der Waals surface area (Å²) in [6.45, 7) is 4.99. The maximum atomic E-state index is 13.1. The SMILES string of the molecule is CCC1CCN(Cc2cc(F)ccc2O)CC1. The average molecular weight is 237 g/mol. The second kappa shape index (κ2) is 5.50. The highest BCUT2D eigenvalue weighted by molar-refractivity contribution is 5.32. The maximum absolute atomic E-state index is 13.1. The van der Waals surface area contributed by atoms with E-state index in [0.29, 0.717) is 12.1 Å². The fraction of sp³-hybridized carbons (Fsp3) is 0.571. The molecule has 1 aliphatic rings. The third-order valence-corrected chi connectivity index (χ3v) is 3.72. The molecule has 94 valence electrons. The third kappa shape index (κ3) is 3.19. The van der Waals surface area contributed by atoms with Crippen molar-refractivity contribution < 1.29 is 9.50 Å². The summed E-state index contributed by atoms with van der Waals surface area (Å²) < 4.78 is 13.1. The first-order valence-corrected chi connectivity index (χ1v) is 6.38. The number of aromatic hydroxyl groups is 1. The Kier molecular flexibility index (Phi) is 4.00. The van der Waals surface area contributed by atoms with Crippen molar-refractivity contribution in [2.24, 2.45) is 5.92 Å². The molecule has 0 aliphatic carbocycles. The predicted molar refractivity (Wildman–Crippen MR) is 66.4 cm³/mol. The largest absolute Gasteiger partial charge is 0.508 e. The van der Waals surface area contributed by atoms with Gasteiger partial charge in [0.25, 0.3) is 0 Å². The van der Waals surface area contributed by atoms with Gasteiger partial charge in [-0.2, -0.15) is 0 Å². The van der Waals surface area contributed by atoms with Crippen molar-refractivity contribution in [3.8, 4) is 5.75 Å². The molecule has 2 rings (SSSR count). The van der Waals surface area contributed by atoms with Crippen LogP contribution in [0.25, 0.3) is 0 Å². The normalized spacial score (nSPS) is 18.5. The Morgan fingerprint density at radius 3 is 2.71 bits per heavy atom. The lowest BCUT2D eigenvalue weighted by Gasteiger charge is -2.31. The van der Waals surface area contributed by atoms with Gasteiger partial charge < -0.3 is 5.11 Å². The van der Waals surface area contributed by atoms with Crippen LogP contribution in [0.4, 0.5) is 4.39 Å². The lowest BCUT2D eigenvalue weighted by Crippen LogP contribution is -2.33. The lowest BCUT2D eigenvalue weighted by atomic mass is 9.94. The van der Waals surface area contributed by atoms with Gasteiger partial charge in [-0.3, -0.25) is 4.90 Å². The minimum atomic E-state index is -0.277. The number of piperidine rings is 1. The number of benzene rings is 1. The molecule has 2 nitrogen and oxygen atoms in total. The van der Waals surface area contributed by atoms with Gasteiger partial charge in [0.05, 0.1) is 0 Å². The van der Waals surface area contributed by atoms with Gasteiger partial charge in [0.15, 0.2) is 0 Å². The molecule has 0 saturated carbocycles. The zero-order valence-electron chi connectivity index (χ0n) is 10.3. The zero-order valence-corrected chi connectivity index (χ0v) is 10.3. The Bertz CT molecular complexity index is 372. The zero-order chi connectivity index (χ0) is 12.3. The average Bonchev–Trinajstić information content (AvgIpc) is 2.35. The molecule has 1 aromatic carbocycles. The second-order valence-electron chi connectivity index (χ2n) is 4.90. The van der Waals surface area contributed by atoms with E-state index in [2.05, 4.69) is 11.8 Å². The quantitative estimate of drug-likeness (QED) is 0.873. The lowest BCUT2D eigenvalue weighted by molar-refractivity contribution is 0.173. The third-order valence-electron chi connectivity index (χ3n) is 3.72. The van der Waals surface area contributed by atoms with Crippen LogP contribution in [0.1, 0.15) is 31.7 Å². The van der Waals surface area contributed by atoms with E-state index in [0.717, 1.165) is 19.0 Å². The molecule has 0 aromatic heterocycles. The molecule has 0 amide bonds. The summed E-state index contributed by atoms with van der Waals surface area (Å²) in [6, 6.07) is 4.16. The standard InChI is InChI=1S/C14H20FNO/c1-2-11-5-7-16(8-6-11)10-12-9-13(15)3-4-14(12)17/h3-4,9,11,17H,2,5-8,10H2,1H3. The summed E-state index contributed by atoms with van der Waals surface area (Å²) in [6.07, 6.45) is 3.68. The molecule has 1 saturated heterocycles. The first-order chi connectivity index (χ1) is 8.19. The highest BCUT2D eigenvalue weighted by Gasteiger charge is 2.18. The van der Waals surface area contributed by atoms with Crippen LogP contribution in [0.2, 0.25) is 0 Å². The van der Waals surface area contributed by atoms with Gasteiger partial charge in [-0.25, -0.2) is 4.39 Å². The number of hydrogen-bond donors (Lipinski definition) is 1. The molecule has 3 heteroatoms. The summed E-state index contributed by atoms with van der Waals surface area (Å²) in [7, 11) is 0. The fourth-order valence-corrected chi connectivity index (χ4v) is 2.47. The van der Waals surface area contributed by atoms with Crippen molar-refractivity contribution in [2.75, 3.05) is 13.1 Å². The van der Waals surface area contributed by atoms with E-state index in [1.54, 1.807) is 0 Å². The van der Waals surface area contributed by atoms with Crippen LogP contribution in [0.3, 0.4) is 0 Å². The second-order valence-corrected chi connectivity index (χ2v) is 4.90. The monoisotopic (exact) mass is 237 g/mol. The molecular formula is C14H20FNO. The van der Waals surface area contributed by atoms with E-state index in [4.69, 9.17) is 0 Å². The molecule has 1 aliphatic heterocycles. The number of halogens is 1. The number of hydrogen-bond acceptors (Lipinski definition) is 2. The Morgan fingerprint density at radius 2 is 2.06 bits per heavy atom. The highest BCUT2D eigenvalue weighted by Crippen LogP contribution is 2.24. The molecule has 17 heavy (non-hydrogen) atoms. The fourth-order valence-electron chi connectivity index (χ4n) is 2.47. The van der Waals surface area contributed by atoms with Gasteiger partial charge in [0.2, 0.25) is 0 Å². The van der Waals surface area contributed by atoms with E-state index >= 15 is 0 Å². The van der Waals surface area contributed by atoms with Gasteiger partial charge in [-0.15, -0.1) is 0 Å². The van der Waals surface area contributed by atoms with Crippen LogP contribution in [-0.4, -0.2) is 23.1 Å². The van der Waals surface area contributed by atoms with E-state index in [9.17, 15) is 9.50 Å². The summed E-state index contributed by atoms with van der Waals surface area (Å²) >= 11 is 0. The van der Waals surface area contributed by atoms with E-state index in [1.807, 2.05) is 0 Å². The highest BCUT2D eigenvalue weighted by atomic mass is 19.1. The summed E-state index contributed by atoms with van der Waals surface area (Å²) in [5.74, 6) is 0.762. The van der Waals surface area contributed by atoms with Crippen molar-refractivity contribution in [3.05, 3.63) is 29.6 Å². The predicted octanol–water partition coefficient (Wildman–Crippen LogP) is 3.15. The van der Waals surface area contributed by atoms with Crippen molar-refractivity contribution in [1.29, 1.82) is 0 Å². The maximum Gasteiger partial charge on any atom is 0.123 e. The topological polar surface area (TPSA) is 23.5 Å². The molecule has 0 unspecified atom stereocenters. The molecule has 1 heterocycles. The first-order valence-electron chi connectivity index (χ1n) is 6.38. The van der Waals surface area contributed by atoms with E-state index < -0.39 is 0 Å². The molecule has 0 spiro atoms. The Labute approximate surface area is 102 Å². The molecule has 0 atom stereocenters. The van der Waals surface area contributed by atoms with Crippen molar-refractivity contribution >= 4 is 0 Å². The summed E-state index contributed by atoms with van der Waals surface area (Å²) in [5.41, 5.74) is 0.694. The van der Waals surface area contributed by atoms with Crippen molar-refractivity contribution in [1.82, 2.24) is 4.90 Å². The number of phenolic OH excluding ortho intramolecular Hbond substituents is 1. The van der Waals surface area contributed by atoms with Crippen LogP contribution in [0.15, 0.2) is 18.2 Å². The molecule has 1 fully saturated rings. The van der Waals surface area contributed by atoms with Gasteiger partial charge in [0, 0.05) is 12.1 Å². The number of phenols is 1. The first kappa shape index (κ1) is 12.4. The minimum absolute atomic E-state index is 0.198. The minimum Gasteiger partial charge on any atom is -0.508 e. The van der Waals surface area contributed by atoms with Gasteiger partial charge in [0.1, 0.15) is 11.6 Å². The number of likely N-dealkylation sites (tertiary alicyclic amines) is 1. The molecule has 1 aromatic rings. The Hall–Kier alpha value is -1.09. The van der Waals surface area contributed by atoms with Crippen LogP contribution < -0.4 is 0 Å². The van der Waals surface area contributed by atoms with Crippen molar-refractivity contribution in [3.63, 3.8) is 0 Å². The van der Waals surface area contributed by atoms with Crippen LogP contribution in [-0.2, 0) is 6.54 Å². The summed E-state index contributed by atoms with van der Waals surface area (Å²) in [5, 5.41) is 9.67. The Morgan fingerprint density at radius 1 is 1.35 bits per heavy atom. The molecule has 1 N–H and O–H groups in total. The van der Waals surface area contributed by atoms with Crippen molar-refractivity contribution in [2.45, 2.75) is 32.7 Å². The van der Waals surface area contributed by atoms with Crippen LogP contribution in [0, 0.1) is 11.7 Å². The Balaban J connectivity index is 1.95. The number of rotatable bonds is 3. The molecule has 0 radical (unpaired) electrons. The smallest absolute Gasteiger partial charge is 0.123 e. The van der Waals surface area contributed by atoms with E-state index in [1.165, 1.54) is 37.5 Å². The molecule has 0 bridgehead atoms. The van der Waals surface area contributed by atoms with Crippen LogP contribution in [0.5, 0.6) is 5.75 Å². The van der Waals surface area contributed by atoms with E-state index in [-0.39, 0.29) is 11.6 Å². The van der Waals surface area contributed by atoms with Gasteiger partial charge in [-0.1, -0.05) is 13.3 Å². The summed E-state index contributed by atoms with van der Waals surface area (Å²) in [4.78, 5) is 2.29. The van der Waals surface area contributed by atoms with Gasteiger partial charge in [-0.05, 0) is 50.0 Å².